The topological polar surface area (TPSA) is 0 Å². The molecule has 0 aliphatic heterocycles. The van der Waals surface area contributed by atoms with E-state index in [1.165, 1.54) is 17.4 Å². The standard InChI is InChI=1S/C6H4F2S/c7-4-5(8)6-2-1-3-9-6/h1-4H/b5-4-. The van der Waals surface area contributed by atoms with Gasteiger partial charge in [0.15, 0.2) is 5.83 Å². The molecule has 0 saturated carbocycles. The first-order valence-electron chi connectivity index (χ1n) is 2.34. The number of rotatable bonds is 1. The predicted octanol–water partition coefficient (Wildman–Crippen LogP) is 2.99. The SMILES string of the molecule is F/C=C(\F)c1cccs1. The van der Waals surface area contributed by atoms with Crippen LogP contribution in [0.5, 0.6) is 0 Å². The summed E-state index contributed by atoms with van der Waals surface area (Å²) in [6.45, 7) is 0. The molecule has 0 saturated heterocycles. The molecule has 0 spiro atoms. The Morgan fingerprint density at radius 2 is 2.44 bits per heavy atom. The minimum absolute atomic E-state index is 0.0359. The van der Waals surface area contributed by atoms with Crippen molar-refractivity contribution in [3.8, 4) is 0 Å². The van der Waals surface area contributed by atoms with Crippen LogP contribution in [-0.4, -0.2) is 0 Å². The van der Waals surface area contributed by atoms with Crippen molar-refractivity contribution in [2.24, 2.45) is 0 Å². The molecular formula is C6H4F2S. The number of hydrogen-bond acceptors (Lipinski definition) is 1. The molecule has 9 heavy (non-hydrogen) atoms. The zero-order chi connectivity index (χ0) is 6.69. The van der Waals surface area contributed by atoms with Gasteiger partial charge in [-0.3, -0.25) is 0 Å². The van der Waals surface area contributed by atoms with E-state index in [1.54, 1.807) is 11.4 Å². The van der Waals surface area contributed by atoms with E-state index in [0.717, 1.165) is 0 Å². The van der Waals surface area contributed by atoms with E-state index >= 15 is 0 Å². The molecule has 48 valence electrons. The summed E-state index contributed by atoms with van der Waals surface area (Å²) < 4.78 is 23.6. The summed E-state index contributed by atoms with van der Waals surface area (Å²) in [5, 5.41) is 1.69. The molecule has 0 radical (unpaired) electrons. The van der Waals surface area contributed by atoms with Crippen LogP contribution in [0.1, 0.15) is 4.88 Å². The lowest BCUT2D eigenvalue weighted by molar-refractivity contribution is 0.673. The molecule has 3 heteroatoms. The van der Waals surface area contributed by atoms with Crippen molar-refractivity contribution in [3.05, 3.63) is 28.7 Å². The maximum Gasteiger partial charge on any atom is 0.168 e. The highest BCUT2D eigenvalue weighted by atomic mass is 32.1. The van der Waals surface area contributed by atoms with Crippen LogP contribution >= 0.6 is 11.3 Å². The highest BCUT2D eigenvalue weighted by molar-refractivity contribution is 7.11. The van der Waals surface area contributed by atoms with E-state index in [1.807, 2.05) is 0 Å². The van der Waals surface area contributed by atoms with Crippen molar-refractivity contribution in [2.75, 3.05) is 0 Å². The zero-order valence-corrected chi connectivity index (χ0v) is 5.29. The minimum atomic E-state index is -0.801. The Bertz CT molecular complexity index is 201. The molecule has 0 unspecified atom stereocenters. The third-order valence-electron chi connectivity index (χ3n) is 0.852. The fourth-order valence-electron chi connectivity index (χ4n) is 0.468. The average molecular weight is 146 g/mol. The highest BCUT2D eigenvalue weighted by Gasteiger charge is 1.98. The lowest BCUT2D eigenvalue weighted by atomic mass is 10.4. The van der Waals surface area contributed by atoms with Gasteiger partial charge in [-0.05, 0) is 11.4 Å². The smallest absolute Gasteiger partial charge is 0.168 e. The molecule has 0 aliphatic rings. The first kappa shape index (κ1) is 6.42. The van der Waals surface area contributed by atoms with Crippen LogP contribution < -0.4 is 0 Å². The van der Waals surface area contributed by atoms with Crippen molar-refractivity contribution in [2.45, 2.75) is 0 Å². The van der Waals surface area contributed by atoms with Crippen molar-refractivity contribution in [3.63, 3.8) is 0 Å². The summed E-state index contributed by atoms with van der Waals surface area (Å²) in [5.74, 6) is -0.801. The van der Waals surface area contributed by atoms with Crippen LogP contribution in [0.15, 0.2) is 23.8 Å². The number of halogens is 2. The quantitative estimate of drug-likeness (QED) is 0.571. The Balaban J connectivity index is 2.90. The van der Waals surface area contributed by atoms with E-state index < -0.39 is 5.83 Å². The van der Waals surface area contributed by atoms with E-state index in [9.17, 15) is 8.78 Å². The molecular weight excluding hydrogens is 142 g/mol. The van der Waals surface area contributed by atoms with Crippen molar-refractivity contribution in [1.82, 2.24) is 0 Å². The fourth-order valence-corrected chi connectivity index (χ4v) is 1.09. The molecule has 0 aliphatic carbocycles. The van der Waals surface area contributed by atoms with Gasteiger partial charge in [-0.2, -0.15) is 0 Å². The normalized spacial score (nSPS) is 12.0. The summed E-state index contributed by atoms with van der Waals surface area (Å²) in [5.41, 5.74) is 0. The van der Waals surface area contributed by atoms with Gasteiger partial charge < -0.3 is 0 Å². The van der Waals surface area contributed by atoms with Gasteiger partial charge in [-0.25, -0.2) is 8.78 Å². The van der Waals surface area contributed by atoms with Gasteiger partial charge >= 0.3 is 0 Å². The van der Waals surface area contributed by atoms with Gasteiger partial charge in [0.1, 0.15) is 6.33 Å². The lowest BCUT2D eigenvalue weighted by Gasteiger charge is -1.83. The second-order valence-electron chi connectivity index (χ2n) is 1.43. The van der Waals surface area contributed by atoms with Crippen LogP contribution in [0.4, 0.5) is 8.78 Å². The van der Waals surface area contributed by atoms with Crippen LogP contribution in [0.25, 0.3) is 5.83 Å². The Hall–Kier alpha value is -0.700. The largest absolute Gasteiger partial charge is 0.212 e. The van der Waals surface area contributed by atoms with Crippen molar-refractivity contribution >= 4 is 17.2 Å². The van der Waals surface area contributed by atoms with Crippen LogP contribution in [0.3, 0.4) is 0 Å². The van der Waals surface area contributed by atoms with Gasteiger partial charge in [0, 0.05) is 0 Å². The Kier molecular flexibility index (Phi) is 1.95. The second kappa shape index (κ2) is 2.73. The molecule has 0 N–H and O–H groups in total. The predicted molar refractivity (Wildman–Crippen MR) is 34.5 cm³/mol. The van der Waals surface area contributed by atoms with Gasteiger partial charge in [0.2, 0.25) is 0 Å². The van der Waals surface area contributed by atoms with E-state index in [-0.39, 0.29) is 6.33 Å². The third-order valence-corrected chi connectivity index (χ3v) is 1.73. The molecule has 0 bridgehead atoms. The van der Waals surface area contributed by atoms with Gasteiger partial charge in [0.05, 0.1) is 4.88 Å². The molecule has 0 fully saturated rings. The molecule has 0 nitrogen and oxygen atoms in total. The summed E-state index contributed by atoms with van der Waals surface area (Å²) in [4.78, 5) is 0.331. The second-order valence-corrected chi connectivity index (χ2v) is 2.38. The number of hydrogen-bond donors (Lipinski definition) is 0. The van der Waals surface area contributed by atoms with E-state index in [0.29, 0.717) is 4.88 Å². The average Bonchev–Trinajstić information content (AvgIpc) is 2.37. The van der Waals surface area contributed by atoms with Crippen molar-refractivity contribution in [1.29, 1.82) is 0 Å². The first-order valence-corrected chi connectivity index (χ1v) is 3.22. The van der Waals surface area contributed by atoms with Gasteiger partial charge in [-0.1, -0.05) is 6.07 Å². The molecule has 0 aromatic carbocycles. The molecule has 0 atom stereocenters. The maximum atomic E-state index is 12.2. The number of thiophene rings is 1. The third kappa shape index (κ3) is 1.36. The van der Waals surface area contributed by atoms with Crippen LogP contribution in [-0.2, 0) is 0 Å². The minimum Gasteiger partial charge on any atom is -0.212 e. The summed E-state index contributed by atoms with van der Waals surface area (Å²) >= 11 is 1.17. The monoisotopic (exact) mass is 146 g/mol. The summed E-state index contributed by atoms with van der Waals surface area (Å²) in [6, 6.07) is 3.19. The maximum absolute atomic E-state index is 12.2. The van der Waals surface area contributed by atoms with Gasteiger partial charge in [0.25, 0.3) is 0 Å². The Labute approximate surface area is 55.4 Å². The molecule has 1 aromatic rings. The van der Waals surface area contributed by atoms with E-state index in [2.05, 4.69) is 0 Å². The van der Waals surface area contributed by atoms with Gasteiger partial charge in [-0.15, -0.1) is 11.3 Å². The summed E-state index contributed by atoms with van der Waals surface area (Å²) in [6.07, 6.45) is -0.0359. The Morgan fingerprint density at radius 3 is 2.89 bits per heavy atom. The molecule has 1 aromatic heterocycles. The fraction of sp³-hybridized carbons (Fsp3) is 0. The van der Waals surface area contributed by atoms with Crippen molar-refractivity contribution < 1.29 is 8.78 Å². The Morgan fingerprint density at radius 1 is 1.67 bits per heavy atom. The van der Waals surface area contributed by atoms with Crippen LogP contribution in [0, 0.1) is 0 Å². The molecule has 1 heterocycles. The summed E-state index contributed by atoms with van der Waals surface area (Å²) in [7, 11) is 0. The molecule has 0 amide bonds. The highest BCUT2D eigenvalue weighted by Crippen LogP contribution is 2.20. The molecule has 1 rings (SSSR count). The van der Waals surface area contributed by atoms with Crippen LogP contribution in [0.2, 0.25) is 0 Å². The zero-order valence-electron chi connectivity index (χ0n) is 4.47. The van der Waals surface area contributed by atoms with E-state index in [4.69, 9.17) is 0 Å². The first-order chi connectivity index (χ1) is 4.34. The lowest BCUT2D eigenvalue weighted by Crippen LogP contribution is -1.62.